The van der Waals surface area contributed by atoms with Gasteiger partial charge in [0, 0.05) is 23.2 Å². The van der Waals surface area contributed by atoms with Crippen molar-refractivity contribution in [3.63, 3.8) is 0 Å². The van der Waals surface area contributed by atoms with Gasteiger partial charge in [0.25, 0.3) is 0 Å². The van der Waals surface area contributed by atoms with E-state index in [2.05, 4.69) is 46.3 Å². The lowest BCUT2D eigenvalue weighted by atomic mass is 9.34. The van der Waals surface area contributed by atoms with Crippen LogP contribution in [0, 0.1) is 56.7 Å². The molecule has 1 aliphatic heterocycles. The van der Waals surface area contributed by atoms with E-state index in [1.165, 1.54) is 31.2 Å². The maximum Gasteiger partial charge on any atom is 0.573 e. The van der Waals surface area contributed by atoms with Crippen molar-refractivity contribution in [3.8, 4) is 5.75 Å². The molecule has 1 unspecified atom stereocenters. The summed E-state index contributed by atoms with van der Waals surface area (Å²) in [7, 11) is 0. The number of alkyl halides is 3. The number of carboxylic acid groups (broad SMARTS) is 1. The van der Waals surface area contributed by atoms with Crippen LogP contribution in [-0.2, 0) is 28.6 Å². The van der Waals surface area contributed by atoms with Crippen LogP contribution in [0.3, 0.4) is 0 Å². The molecular formula is C41H56F3NO8. The molecule has 4 fully saturated rings. The Morgan fingerprint density at radius 2 is 1.70 bits per heavy atom. The van der Waals surface area contributed by atoms with E-state index < -0.39 is 69.5 Å². The zero-order valence-corrected chi connectivity index (χ0v) is 32.2. The van der Waals surface area contributed by atoms with Crippen molar-refractivity contribution in [2.24, 2.45) is 62.4 Å². The molecule has 4 aliphatic carbocycles. The molecule has 0 aromatic heterocycles. The summed E-state index contributed by atoms with van der Waals surface area (Å²) in [5.41, 5.74) is 4.41. The molecule has 1 aromatic rings. The summed E-state index contributed by atoms with van der Waals surface area (Å²) in [5, 5.41) is 11.0. The molecule has 0 amide bonds. The summed E-state index contributed by atoms with van der Waals surface area (Å²) in [4.78, 5) is 40.9. The molecular weight excluding hydrogens is 691 g/mol. The number of hydrogen-bond acceptors (Lipinski definition) is 8. The Morgan fingerprint density at radius 3 is 2.28 bits per heavy atom. The van der Waals surface area contributed by atoms with Crippen LogP contribution >= 0.6 is 0 Å². The molecule has 0 spiro atoms. The lowest BCUT2D eigenvalue weighted by molar-refractivity contribution is -0.274. The van der Waals surface area contributed by atoms with Gasteiger partial charge in [-0.05, 0) is 90.4 Å². The molecule has 5 aliphatic rings. The third kappa shape index (κ3) is 6.13. The van der Waals surface area contributed by atoms with Crippen molar-refractivity contribution < 1.29 is 51.6 Å². The maximum atomic E-state index is 14.9. The highest BCUT2D eigenvalue weighted by atomic mass is 19.4. The number of esters is 1. The van der Waals surface area contributed by atoms with Crippen molar-refractivity contribution in [2.45, 2.75) is 112 Å². The molecule has 6 rings (SSSR count). The van der Waals surface area contributed by atoms with Gasteiger partial charge in [-0.1, -0.05) is 66.2 Å². The zero-order valence-electron chi connectivity index (χ0n) is 32.2. The van der Waals surface area contributed by atoms with Gasteiger partial charge in [0.05, 0.1) is 31.8 Å². The highest BCUT2D eigenvalue weighted by Gasteiger charge is 2.74. The third-order valence-electron chi connectivity index (χ3n) is 15.3. The first-order valence-corrected chi connectivity index (χ1v) is 19.0. The fourth-order valence-electron chi connectivity index (χ4n) is 12.2. The van der Waals surface area contributed by atoms with Crippen LogP contribution in [0.1, 0.15) is 99.1 Å². The van der Waals surface area contributed by atoms with E-state index in [4.69, 9.17) is 19.9 Å². The smallest absolute Gasteiger partial charge is 0.481 e. The minimum atomic E-state index is -4.81. The molecule has 9 nitrogen and oxygen atoms in total. The number of benzene rings is 1. The van der Waals surface area contributed by atoms with Gasteiger partial charge in [-0.3, -0.25) is 14.4 Å². The van der Waals surface area contributed by atoms with Crippen LogP contribution in [-0.4, -0.2) is 61.2 Å². The highest BCUT2D eigenvalue weighted by molar-refractivity contribution is 6.00. The number of fused-ring (bicyclic) bond motifs is 3. The second-order valence-corrected chi connectivity index (χ2v) is 18.1. The van der Waals surface area contributed by atoms with Gasteiger partial charge < -0.3 is 29.8 Å². The number of ether oxygens (including phenoxy) is 4. The summed E-state index contributed by atoms with van der Waals surface area (Å²) in [6.45, 7) is 16.6. The maximum absolute atomic E-state index is 14.9. The van der Waals surface area contributed by atoms with Gasteiger partial charge in [0.1, 0.15) is 18.0 Å². The summed E-state index contributed by atoms with van der Waals surface area (Å²) in [5.74, 6) is -2.50. The minimum Gasteiger partial charge on any atom is -0.481 e. The van der Waals surface area contributed by atoms with Crippen molar-refractivity contribution in [1.29, 1.82) is 0 Å². The van der Waals surface area contributed by atoms with Crippen LogP contribution in [0.4, 0.5) is 13.2 Å². The number of nitrogens with two attached hydrogens (primary N) is 1. The summed E-state index contributed by atoms with van der Waals surface area (Å²) < 4.78 is 61.2. The van der Waals surface area contributed by atoms with Gasteiger partial charge in [0.2, 0.25) is 0 Å². The van der Waals surface area contributed by atoms with Gasteiger partial charge >= 0.3 is 18.3 Å². The quantitative estimate of drug-likeness (QED) is 0.244. The predicted octanol–water partition coefficient (Wildman–Crippen LogP) is 7.67. The van der Waals surface area contributed by atoms with E-state index in [-0.39, 0.29) is 41.8 Å². The average molecular weight is 748 g/mol. The van der Waals surface area contributed by atoms with Crippen molar-refractivity contribution in [2.75, 3.05) is 19.8 Å². The Bertz CT molecular complexity index is 1650. The number of allylic oxidation sites excluding steroid dienone is 1. The molecule has 2 bridgehead atoms. The number of carboxylic acids is 1. The van der Waals surface area contributed by atoms with Crippen LogP contribution in [0.5, 0.6) is 5.75 Å². The van der Waals surface area contributed by atoms with Crippen LogP contribution < -0.4 is 10.5 Å². The van der Waals surface area contributed by atoms with Gasteiger partial charge in [-0.2, -0.15) is 0 Å². The van der Waals surface area contributed by atoms with Crippen LogP contribution in [0.25, 0.3) is 0 Å². The molecule has 3 N–H and O–H groups in total. The third-order valence-corrected chi connectivity index (χ3v) is 15.3. The summed E-state index contributed by atoms with van der Waals surface area (Å²) >= 11 is 0. The Morgan fingerprint density at radius 1 is 1.04 bits per heavy atom. The van der Waals surface area contributed by atoms with Crippen molar-refractivity contribution in [1.82, 2.24) is 0 Å². The SMILES string of the molecule is CC(=O)O[C@@H]1C[C@@]23COC[C@](C)([C@@H]2CC[C@H]2C3=CC(=O)[C@@]3(C)[C@H](C(=O)O)[C@@](C)([C@H](C)C(C)C)CC[C@]23C)[C@H]1OCC(N)c1ccc(OC(F)(F)F)cc1. The second-order valence-electron chi connectivity index (χ2n) is 18.1. The average Bonchev–Trinajstić information content (AvgIpc) is 3.04. The first kappa shape index (κ1) is 39.7. The predicted molar refractivity (Wildman–Crippen MR) is 189 cm³/mol. The largest absolute Gasteiger partial charge is 0.573 e. The number of hydrogen-bond donors (Lipinski definition) is 2. The van der Waals surface area contributed by atoms with Crippen LogP contribution in [0.2, 0.25) is 0 Å². The minimum absolute atomic E-state index is 0.00158. The topological polar surface area (TPSA) is 134 Å². The van der Waals surface area contributed by atoms with Gasteiger partial charge in [-0.15, -0.1) is 13.2 Å². The van der Waals surface area contributed by atoms with E-state index in [1.807, 2.05) is 6.92 Å². The molecule has 1 heterocycles. The molecule has 0 radical (unpaired) electrons. The molecule has 12 atom stereocenters. The van der Waals surface area contributed by atoms with Gasteiger partial charge in [-0.25, -0.2) is 0 Å². The van der Waals surface area contributed by atoms with E-state index >= 15 is 0 Å². The monoisotopic (exact) mass is 747 g/mol. The summed E-state index contributed by atoms with van der Waals surface area (Å²) in [6, 6.07) is 4.64. The summed E-state index contributed by atoms with van der Waals surface area (Å²) in [6.07, 6.45) is -1.02. The van der Waals surface area contributed by atoms with Gasteiger partial charge in [0.15, 0.2) is 5.78 Å². The van der Waals surface area contributed by atoms with Crippen LogP contribution in [0.15, 0.2) is 35.9 Å². The van der Waals surface area contributed by atoms with E-state index in [1.54, 1.807) is 6.08 Å². The van der Waals surface area contributed by atoms with E-state index in [9.17, 15) is 32.7 Å². The Balaban J connectivity index is 1.34. The lowest BCUT2D eigenvalue weighted by Gasteiger charge is -2.70. The molecule has 1 saturated heterocycles. The Labute approximate surface area is 310 Å². The molecule has 3 saturated carbocycles. The highest BCUT2D eigenvalue weighted by Crippen LogP contribution is 2.74. The standard InChI is InChI=1S/C41H56F3NO8/c1-22(2)23(3)36(5)15-16-38(7)27-13-14-31-37(6)20-50-21-40(31,28(27)17-32(47)39(38,8)33(36)35(48)49)18-30(52-24(4)46)34(37)51-19-29(45)25-9-11-26(12-10-25)53-41(42,43)44/h9-12,17,22-23,27,29-31,33-34H,13-16,18-21,45H2,1-8H3,(H,48,49)/t23-,27+,29?,30-,31+,33-,34+,36-,37-,38-,39+,40+/m1/s1. The molecule has 12 heteroatoms. The number of aliphatic carboxylic acids is 1. The number of rotatable bonds is 9. The first-order valence-electron chi connectivity index (χ1n) is 19.0. The lowest BCUT2D eigenvalue weighted by Crippen LogP contribution is -2.71. The molecule has 53 heavy (non-hydrogen) atoms. The fourth-order valence-corrected chi connectivity index (χ4v) is 12.2. The molecule has 1 aromatic carbocycles. The Kier molecular flexibility index (Phi) is 10.0. The van der Waals surface area contributed by atoms with Crippen molar-refractivity contribution >= 4 is 17.7 Å². The zero-order chi connectivity index (χ0) is 39.1. The Hall–Kier alpha value is -2.96. The van der Waals surface area contributed by atoms with E-state index in [0.29, 0.717) is 38.0 Å². The first-order chi connectivity index (χ1) is 24.5. The van der Waals surface area contributed by atoms with Crippen molar-refractivity contribution in [3.05, 3.63) is 41.5 Å². The number of carbonyl (C=O) groups is 3. The number of carbonyl (C=O) groups excluding carboxylic acids is 2. The number of ketones is 1. The normalized spacial score (nSPS) is 40.6. The fraction of sp³-hybridized carbons (Fsp3) is 0.732. The number of halogens is 3. The second kappa shape index (κ2) is 13.4. The molecule has 294 valence electrons. The van der Waals surface area contributed by atoms with E-state index in [0.717, 1.165) is 18.4 Å².